The van der Waals surface area contributed by atoms with Gasteiger partial charge in [0, 0.05) is 6.61 Å². The third kappa shape index (κ3) is 3.33. The fourth-order valence-electron chi connectivity index (χ4n) is 2.02. The van der Waals surface area contributed by atoms with Crippen LogP contribution < -0.4 is 0 Å². The average Bonchev–Trinajstić information content (AvgIpc) is 2.86. The number of ether oxygens (including phenoxy) is 1. The average molecular weight is 292 g/mol. The molecule has 6 heteroatoms. The summed E-state index contributed by atoms with van der Waals surface area (Å²) in [5, 5.41) is 23.3. The van der Waals surface area contributed by atoms with Gasteiger partial charge in [-0.05, 0) is 30.5 Å². The molecule has 21 heavy (non-hydrogen) atoms. The molecule has 2 rings (SSSR count). The molecule has 0 aliphatic heterocycles. The van der Waals surface area contributed by atoms with Crippen molar-refractivity contribution in [2.24, 2.45) is 5.41 Å². The molecule has 0 saturated carbocycles. The molecule has 0 radical (unpaired) electrons. The molecule has 2 N–H and O–H groups in total. The summed E-state index contributed by atoms with van der Waals surface area (Å²) < 4.78 is 10.9. The van der Waals surface area contributed by atoms with E-state index in [1.807, 2.05) is 27.7 Å². The zero-order valence-electron chi connectivity index (χ0n) is 12.6. The molecule has 6 nitrogen and oxygen atoms in total. The molecule has 1 heterocycles. The Morgan fingerprint density at radius 3 is 2.62 bits per heavy atom. The highest BCUT2D eigenvalue weighted by Gasteiger charge is 2.31. The van der Waals surface area contributed by atoms with Crippen LogP contribution >= 0.6 is 0 Å². The van der Waals surface area contributed by atoms with Gasteiger partial charge in [-0.3, -0.25) is 0 Å². The zero-order chi connectivity index (χ0) is 15.6. The minimum Gasteiger partial charge on any atom is -0.508 e. The molecule has 114 valence electrons. The monoisotopic (exact) mass is 292 g/mol. The van der Waals surface area contributed by atoms with Crippen LogP contribution in [-0.2, 0) is 4.74 Å². The molecular weight excluding hydrogens is 272 g/mol. The van der Waals surface area contributed by atoms with Crippen LogP contribution in [0.15, 0.2) is 22.7 Å². The molecule has 1 aromatic heterocycles. The Balaban J connectivity index is 2.38. The number of aromatic hydroxyl groups is 2. The van der Waals surface area contributed by atoms with E-state index in [0.717, 1.165) is 0 Å². The van der Waals surface area contributed by atoms with E-state index < -0.39 is 0 Å². The SMILES string of the molecule is CCOC(c1noc(-c2cc(O)ccc2O)n1)C(C)(C)C. The molecule has 0 spiro atoms. The Morgan fingerprint density at radius 2 is 2.00 bits per heavy atom. The number of phenols is 2. The molecule has 0 bridgehead atoms. The predicted octanol–water partition coefficient (Wildman–Crippen LogP) is 3.27. The van der Waals surface area contributed by atoms with Crippen molar-refractivity contribution in [3.8, 4) is 23.0 Å². The summed E-state index contributed by atoms with van der Waals surface area (Å²) >= 11 is 0. The first-order valence-corrected chi connectivity index (χ1v) is 6.80. The summed E-state index contributed by atoms with van der Waals surface area (Å²) in [6.07, 6.45) is -0.320. The highest BCUT2D eigenvalue weighted by atomic mass is 16.5. The quantitative estimate of drug-likeness (QED) is 0.841. The van der Waals surface area contributed by atoms with Crippen molar-refractivity contribution in [3.63, 3.8) is 0 Å². The van der Waals surface area contributed by atoms with Crippen molar-refractivity contribution < 1.29 is 19.5 Å². The second-order valence-corrected chi connectivity index (χ2v) is 5.86. The van der Waals surface area contributed by atoms with E-state index in [1.54, 1.807) is 0 Å². The van der Waals surface area contributed by atoms with Crippen LogP contribution in [0.1, 0.15) is 39.6 Å². The van der Waals surface area contributed by atoms with Crippen LogP contribution in [0.4, 0.5) is 0 Å². The molecule has 0 aliphatic carbocycles. The highest BCUT2D eigenvalue weighted by Crippen LogP contribution is 2.37. The third-order valence-electron chi connectivity index (χ3n) is 3.01. The van der Waals surface area contributed by atoms with E-state index in [4.69, 9.17) is 9.26 Å². The Kier molecular flexibility index (Phi) is 4.18. The lowest BCUT2D eigenvalue weighted by molar-refractivity contribution is -0.0203. The van der Waals surface area contributed by atoms with Crippen molar-refractivity contribution in [2.75, 3.05) is 6.61 Å². The van der Waals surface area contributed by atoms with Gasteiger partial charge in [0.05, 0.1) is 5.56 Å². The highest BCUT2D eigenvalue weighted by molar-refractivity contribution is 5.64. The molecule has 0 fully saturated rings. The number of nitrogens with zero attached hydrogens (tertiary/aromatic N) is 2. The van der Waals surface area contributed by atoms with Crippen LogP contribution in [0.2, 0.25) is 0 Å². The maximum atomic E-state index is 9.83. The van der Waals surface area contributed by atoms with Crippen molar-refractivity contribution in [1.82, 2.24) is 10.1 Å². The lowest BCUT2D eigenvalue weighted by atomic mass is 9.88. The Morgan fingerprint density at radius 1 is 1.29 bits per heavy atom. The number of phenolic OH excluding ortho intramolecular Hbond substituents is 2. The normalized spacial score (nSPS) is 13.3. The van der Waals surface area contributed by atoms with Crippen LogP contribution in [0.3, 0.4) is 0 Å². The van der Waals surface area contributed by atoms with Crippen molar-refractivity contribution in [2.45, 2.75) is 33.8 Å². The first-order chi connectivity index (χ1) is 9.82. The van der Waals surface area contributed by atoms with E-state index in [1.165, 1.54) is 18.2 Å². The number of benzene rings is 1. The maximum Gasteiger partial charge on any atom is 0.261 e. The Bertz CT molecular complexity index is 616. The van der Waals surface area contributed by atoms with Gasteiger partial charge in [-0.2, -0.15) is 4.98 Å². The largest absolute Gasteiger partial charge is 0.508 e. The minimum atomic E-state index is -0.320. The molecule has 1 atom stereocenters. The van der Waals surface area contributed by atoms with Gasteiger partial charge in [0.25, 0.3) is 5.89 Å². The van der Waals surface area contributed by atoms with Gasteiger partial charge in [-0.15, -0.1) is 0 Å². The summed E-state index contributed by atoms with van der Waals surface area (Å²) in [7, 11) is 0. The molecule has 2 aromatic rings. The van der Waals surface area contributed by atoms with Gasteiger partial charge in [-0.1, -0.05) is 25.9 Å². The number of hydrogen-bond donors (Lipinski definition) is 2. The maximum absolute atomic E-state index is 9.83. The fraction of sp³-hybridized carbons (Fsp3) is 0.467. The minimum absolute atomic E-state index is 0.0136. The van der Waals surface area contributed by atoms with Gasteiger partial charge in [0.1, 0.15) is 17.6 Å². The Hall–Kier alpha value is -2.08. The molecule has 1 aromatic carbocycles. The van der Waals surface area contributed by atoms with Gasteiger partial charge < -0.3 is 19.5 Å². The fourth-order valence-corrected chi connectivity index (χ4v) is 2.02. The molecule has 1 unspecified atom stereocenters. The van der Waals surface area contributed by atoms with Crippen molar-refractivity contribution >= 4 is 0 Å². The number of rotatable bonds is 4. The smallest absolute Gasteiger partial charge is 0.261 e. The summed E-state index contributed by atoms with van der Waals surface area (Å²) in [4.78, 5) is 4.29. The first-order valence-electron chi connectivity index (χ1n) is 6.80. The van der Waals surface area contributed by atoms with Gasteiger partial charge >= 0.3 is 0 Å². The molecule has 0 aliphatic rings. The lowest BCUT2D eigenvalue weighted by Gasteiger charge is -2.27. The van der Waals surface area contributed by atoms with E-state index in [9.17, 15) is 10.2 Å². The van der Waals surface area contributed by atoms with E-state index in [-0.39, 0.29) is 34.5 Å². The van der Waals surface area contributed by atoms with E-state index >= 15 is 0 Å². The lowest BCUT2D eigenvalue weighted by Crippen LogP contribution is -2.22. The Labute approximate surface area is 123 Å². The number of hydrogen-bond acceptors (Lipinski definition) is 6. The summed E-state index contributed by atoms with van der Waals surface area (Å²) in [5.74, 6) is 0.542. The standard InChI is InChI=1S/C15H20N2O4/c1-5-20-12(15(2,3)4)13-16-14(21-17-13)10-8-9(18)6-7-11(10)19/h6-8,12,18-19H,5H2,1-4H3. The second-order valence-electron chi connectivity index (χ2n) is 5.86. The van der Waals surface area contributed by atoms with Crippen LogP contribution in [0, 0.1) is 5.41 Å². The van der Waals surface area contributed by atoms with Crippen LogP contribution in [0.5, 0.6) is 11.5 Å². The van der Waals surface area contributed by atoms with Crippen LogP contribution in [-0.4, -0.2) is 27.0 Å². The second kappa shape index (κ2) is 5.73. The predicted molar refractivity (Wildman–Crippen MR) is 76.9 cm³/mol. The third-order valence-corrected chi connectivity index (χ3v) is 3.01. The van der Waals surface area contributed by atoms with Gasteiger partial charge in [-0.25, -0.2) is 0 Å². The van der Waals surface area contributed by atoms with E-state index in [0.29, 0.717) is 12.4 Å². The number of aromatic nitrogens is 2. The molecular formula is C15H20N2O4. The molecule has 0 saturated heterocycles. The van der Waals surface area contributed by atoms with E-state index in [2.05, 4.69) is 10.1 Å². The summed E-state index contributed by atoms with van der Waals surface area (Å²) in [6, 6.07) is 4.13. The summed E-state index contributed by atoms with van der Waals surface area (Å²) in [6.45, 7) is 8.50. The van der Waals surface area contributed by atoms with Crippen LogP contribution in [0.25, 0.3) is 11.5 Å². The van der Waals surface area contributed by atoms with Gasteiger partial charge in [0.2, 0.25) is 5.82 Å². The first kappa shape index (κ1) is 15.3. The zero-order valence-corrected chi connectivity index (χ0v) is 12.6. The topological polar surface area (TPSA) is 88.6 Å². The van der Waals surface area contributed by atoms with Crippen molar-refractivity contribution in [1.29, 1.82) is 0 Å². The van der Waals surface area contributed by atoms with Gasteiger partial charge in [0.15, 0.2) is 0 Å². The molecule has 0 amide bonds. The van der Waals surface area contributed by atoms with Crippen molar-refractivity contribution in [3.05, 3.63) is 24.0 Å². The summed E-state index contributed by atoms with van der Waals surface area (Å²) in [5.41, 5.74) is 0.0933.